The van der Waals surface area contributed by atoms with Crippen LogP contribution in [-0.4, -0.2) is 51.7 Å². The van der Waals surface area contributed by atoms with Crippen LogP contribution in [0.2, 0.25) is 5.28 Å². The van der Waals surface area contributed by atoms with Crippen molar-refractivity contribution in [1.82, 2.24) is 14.9 Å². The van der Waals surface area contributed by atoms with Gasteiger partial charge in [0.25, 0.3) is 0 Å². The molecule has 1 aromatic heterocycles. The Hall–Kier alpha value is -1.56. The lowest BCUT2D eigenvalue weighted by Gasteiger charge is -2.38. The van der Waals surface area contributed by atoms with Gasteiger partial charge in [0, 0.05) is 31.4 Å². The first-order valence-electron chi connectivity index (χ1n) is 8.84. The first kappa shape index (κ1) is 17.3. The van der Waals surface area contributed by atoms with Gasteiger partial charge in [-0.05, 0) is 49.6 Å². The topological polar surface area (TPSA) is 69.6 Å². The minimum Gasteiger partial charge on any atom is -0.465 e. The molecule has 2 fully saturated rings. The van der Waals surface area contributed by atoms with Gasteiger partial charge in [-0.1, -0.05) is 13.3 Å². The van der Waals surface area contributed by atoms with E-state index in [0.717, 1.165) is 56.6 Å². The SMILES string of the molecule is CCCc1cc(N2CCCC(N(CC3CC3)C(=O)O)C2)nc(Cl)n1. The Labute approximate surface area is 147 Å². The number of piperidine rings is 1. The molecule has 7 heteroatoms. The summed E-state index contributed by atoms with van der Waals surface area (Å²) in [5.74, 6) is 1.38. The molecular weight excluding hydrogens is 328 g/mol. The van der Waals surface area contributed by atoms with Gasteiger partial charge < -0.3 is 14.9 Å². The van der Waals surface area contributed by atoms with Crippen LogP contribution in [0.5, 0.6) is 0 Å². The van der Waals surface area contributed by atoms with Gasteiger partial charge in [0.05, 0.1) is 6.04 Å². The van der Waals surface area contributed by atoms with E-state index in [2.05, 4.69) is 21.8 Å². The van der Waals surface area contributed by atoms with E-state index in [1.54, 1.807) is 4.90 Å². The Morgan fingerprint density at radius 2 is 2.21 bits per heavy atom. The van der Waals surface area contributed by atoms with E-state index in [4.69, 9.17) is 11.6 Å². The first-order valence-corrected chi connectivity index (χ1v) is 9.22. The van der Waals surface area contributed by atoms with Crippen molar-refractivity contribution in [2.75, 3.05) is 24.5 Å². The molecule has 2 aliphatic rings. The number of carboxylic acid groups (broad SMARTS) is 1. The van der Waals surface area contributed by atoms with Crippen LogP contribution in [-0.2, 0) is 6.42 Å². The van der Waals surface area contributed by atoms with Crippen LogP contribution in [0, 0.1) is 5.92 Å². The van der Waals surface area contributed by atoms with Crippen molar-refractivity contribution in [3.63, 3.8) is 0 Å². The summed E-state index contributed by atoms with van der Waals surface area (Å²) >= 11 is 6.08. The molecule has 1 amide bonds. The largest absolute Gasteiger partial charge is 0.465 e. The Morgan fingerprint density at radius 1 is 1.42 bits per heavy atom. The Morgan fingerprint density at radius 3 is 2.88 bits per heavy atom. The van der Waals surface area contributed by atoms with Crippen LogP contribution in [0.1, 0.15) is 44.7 Å². The molecule has 1 N–H and O–H groups in total. The molecule has 1 saturated heterocycles. The molecule has 2 heterocycles. The van der Waals surface area contributed by atoms with Gasteiger partial charge in [0.2, 0.25) is 5.28 Å². The number of hydrogen-bond acceptors (Lipinski definition) is 4. The highest BCUT2D eigenvalue weighted by atomic mass is 35.5. The number of nitrogens with zero attached hydrogens (tertiary/aromatic N) is 4. The predicted molar refractivity (Wildman–Crippen MR) is 93.7 cm³/mol. The third kappa shape index (κ3) is 4.29. The zero-order valence-corrected chi connectivity index (χ0v) is 14.9. The summed E-state index contributed by atoms with van der Waals surface area (Å²) in [5, 5.41) is 9.85. The van der Waals surface area contributed by atoms with E-state index in [1.807, 2.05) is 6.07 Å². The number of amides is 1. The molecule has 0 aromatic carbocycles. The molecule has 1 atom stereocenters. The Balaban J connectivity index is 1.73. The van der Waals surface area contributed by atoms with Crippen LogP contribution in [0.15, 0.2) is 6.07 Å². The molecule has 0 radical (unpaired) electrons. The quantitative estimate of drug-likeness (QED) is 0.794. The monoisotopic (exact) mass is 352 g/mol. The van der Waals surface area contributed by atoms with Crippen LogP contribution in [0.3, 0.4) is 0 Å². The van der Waals surface area contributed by atoms with Crippen molar-refractivity contribution in [2.45, 2.75) is 51.5 Å². The zero-order chi connectivity index (χ0) is 17.1. The van der Waals surface area contributed by atoms with Gasteiger partial charge >= 0.3 is 6.09 Å². The first-order chi connectivity index (χ1) is 11.6. The number of aromatic nitrogens is 2. The molecule has 1 aliphatic heterocycles. The van der Waals surface area contributed by atoms with E-state index < -0.39 is 6.09 Å². The average Bonchev–Trinajstić information content (AvgIpc) is 3.36. The lowest BCUT2D eigenvalue weighted by Crippen LogP contribution is -2.50. The normalized spacial score (nSPS) is 20.9. The van der Waals surface area contributed by atoms with Gasteiger partial charge in [0.15, 0.2) is 0 Å². The number of halogens is 1. The second-order valence-electron chi connectivity index (χ2n) is 6.86. The minimum atomic E-state index is -0.804. The van der Waals surface area contributed by atoms with Crippen molar-refractivity contribution in [2.24, 2.45) is 5.92 Å². The second-order valence-corrected chi connectivity index (χ2v) is 7.19. The van der Waals surface area contributed by atoms with Crippen molar-refractivity contribution < 1.29 is 9.90 Å². The fraction of sp³-hybridized carbons (Fsp3) is 0.706. The molecule has 0 spiro atoms. The van der Waals surface area contributed by atoms with E-state index in [-0.39, 0.29) is 11.3 Å². The molecular formula is C17H25ClN4O2. The van der Waals surface area contributed by atoms with Crippen LogP contribution in [0.4, 0.5) is 10.6 Å². The molecule has 0 bridgehead atoms. The minimum absolute atomic E-state index is 0.0280. The van der Waals surface area contributed by atoms with Crippen molar-refractivity contribution in [1.29, 1.82) is 0 Å². The fourth-order valence-corrected chi connectivity index (χ4v) is 3.57. The van der Waals surface area contributed by atoms with Crippen molar-refractivity contribution in [3.8, 4) is 0 Å². The van der Waals surface area contributed by atoms with Gasteiger partial charge in [-0.2, -0.15) is 0 Å². The summed E-state index contributed by atoms with van der Waals surface area (Å²) in [7, 11) is 0. The molecule has 3 rings (SSSR count). The highest BCUT2D eigenvalue weighted by Crippen LogP contribution is 2.32. The standard InChI is InChI=1S/C17H25ClN4O2/c1-2-4-13-9-15(20-16(18)19-13)21-8-3-5-14(11-21)22(17(23)24)10-12-6-7-12/h9,12,14H,2-8,10-11H2,1H3,(H,23,24). The van der Waals surface area contributed by atoms with E-state index >= 15 is 0 Å². The lowest BCUT2D eigenvalue weighted by molar-refractivity contribution is 0.115. The Bertz CT molecular complexity index is 594. The number of anilines is 1. The van der Waals surface area contributed by atoms with Crippen molar-refractivity contribution >= 4 is 23.5 Å². The van der Waals surface area contributed by atoms with Gasteiger partial charge in [-0.25, -0.2) is 14.8 Å². The summed E-state index contributed by atoms with van der Waals surface area (Å²) in [4.78, 5) is 24.1. The maximum atomic E-state index is 11.7. The van der Waals surface area contributed by atoms with Gasteiger partial charge in [-0.15, -0.1) is 0 Å². The highest BCUT2D eigenvalue weighted by Gasteiger charge is 2.33. The van der Waals surface area contributed by atoms with E-state index in [0.29, 0.717) is 19.0 Å². The number of rotatable bonds is 6. The average molecular weight is 353 g/mol. The fourth-order valence-electron chi connectivity index (χ4n) is 3.38. The summed E-state index contributed by atoms with van der Waals surface area (Å²) in [6.45, 7) is 4.33. The molecule has 1 aromatic rings. The van der Waals surface area contributed by atoms with Gasteiger partial charge in [0.1, 0.15) is 5.82 Å². The smallest absolute Gasteiger partial charge is 0.407 e. The lowest BCUT2D eigenvalue weighted by atomic mass is 10.0. The molecule has 24 heavy (non-hydrogen) atoms. The Kier molecular flexibility index (Phi) is 5.43. The number of carbonyl (C=O) groups is 1. The maximum Gasteiger partial charge on any atom is 0.407 e. The van der Waals surface area contributed by atoms with Crippen LogP contribution in [0.25, 0.3) is 0 Å². The molecule has 132 valence electrons. The third-order valence-corrected chi connectivity index (χ3v) is 4.97. The van der Waals surface area contributed by atoms with E-state index in [9.17, 15) is 9.90 Å². The van der Waals surface area contributed by atoms with Crippen LogP contribution >= 0.6 is 11.6 Å². The van der Waals surface area contributed by atoms with Gasteiger partial charge in [-0.3, -0.25) is 0 Å². The molecule has 1 unspecified atom stereocenters. The summed E-state index contributed by atoms with van der Waals surface area (Å²) in [6.07, 6.45) is 5.25. The second kappa shape index (κ2) is 7.55. The zero-order valence-electron chi connectivity index (χ0n) is 14.1. The summed E-state index contributed by atoms with van der Waals surface area (Å²) in [5.41, 5.74) is 0.947. The highest BCUT2D eigenvalue weighted by molar-refractivity contribution is 6.28. The molecule has 1 aliphatic carbocycles. The van der Waals surface area contributed by atoms with E-state index in [1.165, 1.54) is 0 Å². The third-order valence-electron chi connectivity index (χ3n) is 4.80. The number of aryl methyl sites for hydroxylation is 1. The summed E-state index contributed by atoms with van der Waals surface area (Å²) < 4.78 is 0. The number of hydrogen-bond donors (Lipinski definition) is 1. The molecule has 6 nitrogen and oxygen atoms in total. The van der Waals surface area contributed by atoms with Crippen molar-refractivity contribution in [3.05, 3.63) is 17.0 Å². The predicted octanol–water partition coefficient (Wildman–Crippen LogP) is 3.44. The molecule has 1 saturated carbocycles. The maximum absolute atomic E-state index is 11.7. The van der Waals surface area contributed by atoms with Crippen LogP contribution < -0.4 is 4.90 Å². The summed E-state index contributed by atoms with van der Waals surface area (Å²) in [6, 6.07) is 2.02.